The molecule has 1 heterocycles. The van der Waals surface area contributed by atoms with Crippen molar-refractivity contribution in [2.24, 2.45) is 0 Å². The van der Waals surface area contributed by atoms with Gasteiger partial charge in [0.2, 0.25) is 0 Å². The third-order valence-corrected chi connectivity index (χ3v) is 4.29. The Labute approximate surface area is 125 Å². The maximum absolute atomic E-state index is 12.2. The zero-order valence-electron chi connectivity index (χ0n) is 11.0. The summed E-state index contributed by atoms with van der Waals surface area (Å²) in [6.07, 6.45) is 1.60. The van der Waals surface area contributed by atoms with Crippen LogP contribution in [-0.4, -0.2) is 9.55 Å². The van der Waals surface area contributed by atoms with Gasteiger partial charge in [-0.1, -0.05) is 42.5 Å². The summed E-state index contributed by atoms with van der Waals surface area (Å²) >= 11 is 3.30. The van der Waals surface area contributed by atoms with Crippen LogP contribution in [-0.2, 0) is 6.54 Å². The molecule has 0 saturated heterocycles. The molecule has 0 aliphatic rings. The van der Waals surface area contributed by atoms with Gasteiger partial charge in [0.15, 0.2) is 0 Å². The Balaban J connectivity index is 2.11. The highest BCUT2D eigenvalue weighted by atomic mass is 79.9. The van der Waals surface area contributed by atoms with Gasteiger partial charge in [-0.15, -0.1) is 0 Å². The van der Waals surface area contributed by atoms with Crippen LogP contribution in [0.4, 0.5) is 0 Å². The van der Waals surface area contributed by atoms with Crippen LogP contribution >= 0.6 is 15.9 Å². The molecule has 0 N–H and O–H groups in total. The van der Waals surface area contributed by atoms with E-state index < -0.39 is 0 Å². The first-order chi connectivity index (χ1) is 9.66. The van der Waals surface area contributed by atoms with Crippen molar-refractivity contribution < 1.29 is 0 Å². The van der Waals surface area contributed by atoms with E-state index in [9.17, 15) is 4.79 Å². The van der Waals surface area contributed by atoms with Gasteiger partial charge in [-0.05, 0) is 39.2 Å². The molecule has 0 aliphatic heterocycles. The summed E-state index contributed by atoms with van der Waals surface area (Å²) in [7, 11) is 0. The fraction of sp³-hybridized carbons (Fsp3) is 0.125. The molecule has 3 aromatic rings. The second kappa shape index (κ2) is 5.21. The largest absolute Gasteiger partial charge is 0.294 e. The van der Waals surface area contributed by atoms with Gasteiger partial charge in [0.25, 0.3) is 5.56 Å². The first-order valence-electron chi connectivity index (χ1n) is 6.35. The van der Waals surface area contributed by atoms with E-state index in [1.54, 1.807) is 10.9 Å². The Bertz CT molecular complexity index is 834. The third-order valence-electron chi connectivity index (χ3n) is 3.38. The van der Waals surface area contributed by atoms with Gasteiger partial charge in [-0.3, -0.25) is 9.36 Å². The molecule has 0 saturated carbocycles. The molecule has 0 amide bonds. The molecule has 3 rings (SSSR count). The van der Waals surface area contributed by atoms with Crippen molar-refractivity contribution in [2.75, 3.05) is 0 Å². The molecule has 0 unspecified atom stereocenters. The quantitative estimate of drug-likeness (QED) is 0.721. The fourth-order valence-electron chi connectivity index (χ4n) is 2.27. The monoisotopic (exact) mass is 328 g/mol. The van der Waals surface area contributed by atoms with Gasteiger partial charge in [0.1, 0.15) is 4.47 Å². The highest BCUT2D eigenvalue weighted by Gasteiger charge is 2.07. The van der Waals surface area contributed by atoms with Gasteiger partial charge in [-0.25, -0.2) is 4.98 Å². The van der Waals surface area contributed by atoms with Crippen LogP contribution in [0.2, 0.25) is 0 Å². The summed E-state index contributed by atoms with van der Waals surface area (Å²) in [5.74, 6) is 0. The molecule has 20 heavy (non-hydrogen) atoms. The first kappa shape index (κ1) is 13.1. The van der Waals surface area contributed by atoms with Crippen LogP contribution in [0.5, 0.6) is 0 Å². The molecular formula is C16H13BrN2O. The fourth-order valence-corrected chi connectivity index (χ4v) is 2.60. The van der Waals surface area contributed by atoms with Crippen LogP contribution in [0, 0.1) is 6.92 Å². The maximum Gasteiger partial charge on any atom is 0.268 e. The summed E-state index contributed by atoms with van der Waals surface area (Å²) in [6, 6.07) is 14.3. The van der Waals surface area contributed by atoms with E-state index in [1.165, 1.54) is 10.8 Å². The molecule has 100 valence electrons. The van der Waals surface area contributed by atoms with Crippen molar-refractivity contribution in [3.63, 3.8) is 0 Å². The highest BCUT2D eigenvalue weighted by Crippen LogP contribution is 2.19. The minimum atomic E-state index is -0.0505. The molecule has 2 aromatic carbocycles. The molecule has 1 aromatic heterocycles. The summed E-state index contributed by atoms with van der Waals surface area (Å²) in [5, 5.41) is 2.34. The number of halogens is 1. The highest BCUT2D eigenvalue weighted by molar-refractivity contribution is 9.10. The average Bonchev–Trinajstić information content (AvgIpc) is 2.48. The lowest BCUT2D eigenvalue weighted by Crippen LogP contribution is -2.22. The Hall–Kier alpha value is -1.94. The molecule has 0 spiro atoms. The molecule has 3 nitrogen and oxygen atoms in total. The van der Waals surface area contributed by atoms with Gasteiger partial charge in [-0.2, -0.15) is 0 Å². The first-order valence-corrected chi connectivity index (χ1v) is 7.14. The Morgan fingerprint density at radius 2 is 1.90 bits per heavy atom. The van der Waals surface area contributed by atoms with Crippen molar-refractivity contribution in [3.05, 3.63) is 74.9 Å². The third kappa shape index (κ3) is 2.27. The van der Waals surface area contributed by atoms with Crippen molar-refractivity contribution in [1.29, 1.82) is 0 Å². The predicted molar refractivity (Wildman–Crippen MR) is 84.0 cm³/mol. The Kier molecular flexibility index (Phi) is 3.40. The van der Waals surface area contributed by atoms with Gasteiger partial charge >= 0.3 is 0 Å². The van der Waals surface area contributed by atoms with Gasteiger partial charge in [0, 0.05) is 0 Å². The van der Waals surface area contributed by atoms with E-state index in [0.717, 1.165) is 5.56 Å². The molecule has 0 atom stereocenters. The summed E-state index contributed by atoms with van der Waals surface area (Å²) in [4.78, 5) is 16.4. The molecular weight excluding hydrogens is 316 g/mol. The lowest BCUT2D eigenvalue weighted by atomic mass is 10.0. The lowest BCUT2D eigenvalue weighted by molar-refractivity contribution is 0.728. The van der Waals surface area contributed by atoms with Crippen LogP contribution in [0.3, 0.4) is 0 Å². The number of aryl methyl sites for hydroxylation is 1. The molecule has 0 aliphatic carbocycles. The topological polar surface area (TPSA) is 34.9 Å². The second-order valence-corrected chi connectivity index (χ2v) is 5.51. The van der Waals surface area contributed by atoms with Crippen LogP contribution < -0.4 is 5.56 Å². The number of aromatic nitrogens is 2. The number of hydrogen-bond acceptors (Lipinski definition) is 2. The van der Waals surface area contributed by atoms with Crippen molar-refractivity contribution in [3.8, 4) is 0 Å². The zero-order chi connectivity index (χ0) is 14.1. The van der Waals surface area contributed by atoms with Gasteiger partial charge in [0.05, 0.1) is 18.6 Å². The second-order valence-electron chi connectivity index (χ2n) is 4.72. The summed E-state index contributed by atoms with van der Waals surface area (Å²) < 4.78 is 2.15. The lowest BCUT2D eigenvalue weighted by Gasteiger charge is -2.09. The number of rotatable bonds is 2. The van der Waals surface area contributed by atoms with E-state index in [0.29, 0.717) is 16.7 Å². The Morgan fingerprint density at radius 3 is 2.75 bits per heavy atom. The molecule has 0 bridgehead atoms. The zero-order valence-corrected chi connectivity index (χ0v) is 12.6. The van der Waals surface area contributed by atoms with E-state index in [-0.39, 0.29) is 5.56 Å². The summed E-state index contributed by atoms with van der Waals surface area (Å²) in [6.45, 7) is 2.33. The van der Waals surface area contributed by atoms with E-state index in [2.05, 4.69) is 39.1 Å². The van der Waals surface area contributed by atoms with Crippen molar-refractivity contribution >= 4 is 26.7 Å². The molecule has 0 radical (unpaired) electrons. The predicted octanol–water partition coefficient (Wildman–Crippen LogP) is 3.52. The minimum absolute atomic E-state index is 0.0505. The number of fused-ring (bicyclic) bond motifs is 1. The smallest absolute Gasteiger partial charge is 0.268 e. The summed E-state index contributed by atoms with van der Waals surface area (Å²) in [5.41, 5.74) is 1.78. The standard InChI is InChI=1S/C16H13BrN2O/c1-11-15(17)16(20)19(10-18-11)9-13-7-4-6-12-5-2-3-8-14(12)13/h2-8,10H,9H2,1H3. The number of nitrogens with zero attached hydrogens (tertiary/aromatic N) is 2. The molecule has 0 fully saturated rings. The van der Waals surface area contributed by atoms with E-state index >= 15 is 0 Å². The van der Waals surface area contributed by atoms with Crippen molar-refractivity contribution in [2.45, 2.75) is 13.5 Å². The van der Waals surface area contributed by atoms with E-state index in [1.807, 2.05) is 31.2 Å². The van der Waals surface area contributed by atoms with Crippen LogP contribution in [0.15, 0.2) is 58.1 Å². The number of hydrogen-bond donors (Lipinski definition) is 0. The SMILES string of the molecule is Cc1ncn(Cc2cccc3ccccc23)c(=O)c1Br. The van der Waals surface area contributed by atoms with Crippen LogP contribution in [0.1, 0.15) is 11.3 Å². The van der Waals surface area contributed by atoms with Crippen molar-refractivity contribution in [1.82, 2.24) is 9.55 Å². The molecule has 4 heteroatoms. The Morgan fingerprint density at radius 1 is 1.15 bits per heavy atom. The normalized spacial score (nSPS) is 10.9. The van der Waals surface area contributed by atoms with Gasteiger partial charge < -0.3 is 0 Å². The average molecular weight is 329 g/mol. The minimum Gasteiger partial charge on any atom is -0.294 e. The van der Waals surface area contributed by atoms with E-state index in [4.69, 9.17) is 0 Å². The van der Waals surface area contributed by atoms with Crippen LogP contribution in [0.25, 0.3) is 10.8 Å². The maximum atomic E-state index is 12.2. The number of benzene rings is 2.